The number of hydrogen-bond acceptors (Lipinski definition) is 3. The normalized spacial score (nSPS) is 12.2. The number of likely N-dealkylation sites (N-methyl/N-ethyl adjacent to an activating group) is 1. The van der Waals surface area contributed by atoms with E-state index in [9.17, 15) is 9.59 Å². The summed E-state index contributed by atoms with van der Waals surface area (Å²) in [6.45, 7) is 1.56. The zero-order chi connectivity index (χ0) is 13.7. The number of carbonyl (C=O) groups excluding carboxylic acids is 1. The third-order valence-corrected chi connectivity index (χ3v) is 2.66. The van der Waals surface area contributed by atoms with Gasteiger partial charge in [0.05, 0.1) is 0 Å². The van der Waals surface area contributed by atoms with Gasteiger partial charge in [-0.15, -0.1) is 0 Å². The average Bonchev–Trinajstić information content (AvgIpc) is 2.29. The average molecular weight is 250 g/mol. The maximum atomic E-state index is 12.0. The molecule has 0 aliphatic rings. The lowest BCUT2D eigenvalue weighted by molar-refractivity contribution is -0.138. The monoisotopic (exact) mass is 250 g/mol. The summed E-state index contributed by atoms with van der Waals surface area (Å²) in [5.74, 6) is -1.36. The summed E-state index contributed by atoms with van der Waals surface area (Å²) in [7, 11) is 3.58. The summed E-state index contributed by atoms with van der Waals surface area (Å²) in [5.41, 5.74) is 1.88. The van der Waals surface area contributed by atoms with Crippen LogP contribution in [-0.2, 0) is 9.59 Å². The highest BCUT2D eigenvalue weighted by atomic mass is 16.4. The van der Waals surface area contributed by atoms with Crippen LogP contribution in [0.2, 0.25) is 0 Å². The number of carbonyl (C=O) groups is 2. The molecule has 98 valence electrons. The van der Waals surface area contributed by atoms with Gasteiger partial charge in [0.15, 0.2) is 0 Å². The van der Waals surface area contributed by atoms with Crippen LogP contribution in [0.1, 0.15) is 17.2 Å². The zero-order valence-corrected chi connectivity index (χ0v) is 10.8. The Kier molecular flexibility index (Phi) is 4.85. The Morgan fingerprint density at radius 1 is 1.33 bits per heavy atom. The molecule has 5 nitrogen and oxygen atoms in total. The first-order chi connectivity index (χ1) is 8.43. The second kappa shape index (κ2) is 6.16. The molecule has 0 fully saturated rings. The largest absolute Gasteiger partial charge is 0.480 e. The minimum atomic E-state index is -1.05. The molecule has 0 unspecified atom stereocenters. The number of aryl methyl sites for hydroxylation is 1. The molecule has 0 aromatic heterocycles. The van der Waals surface area contributed by atoms with Crippen LogP contribution in [0.5, 0.6) is 0 Å². The van der Waals surface area contributed by atoms with Gasteiger partial charge in [0, 0.05) is 0 Å². The van der Waals surface area contributed by atoms with Crippen LogP contribution in [0.25, 0.3) is 0 Å². The Bertz CT molecular complexity index is 444. The fourth-order valence-electron chi connectivity index (χ4n) is 1.81. The first-order valence-corrected chi connectivity index (χ1v) is 5.65. The SMILES string of the molecule is Cc1ccccc1[C@@H](C(=O)NCC(=O)O)N(C)C. The first kappa shape index (κ1) is 14.2. The number of aliphatic carboxylic acids is 1. The summed E-state index contributed by atoms with van der Waals surface area (Å²) in [4.78, 5) is 24.3. The van der Waals surface area contributed by atoms with Crippen LogP contribution in [0.3, 0.4) is 0 Å². The van der Waals surface area contributed by atoms with Crippen molar-refractivity contribution in [1.29, 1.82) is 0 Å². The van der Waals surface area contributed by atoms with Gasteiger partial charge in [-0.05, 0) is 32.1 Å². The number of nitrogens with one attached hydrogen (secondary N) is 1. The van der Waals surface area contributed by atoms with Gasteiger partial charge in [0.2, 0.25) is 5.91 Å². The Balaban J connectivity index is 2.93. The highest BCUT2D eigenvalue weighted by molar-refractivity contribution is 5.86. The van der Waals surface area contributed by atoms with E-state index >= 15 is 0 Å². The van der Waals surface area contributed by atoms with E-state index in [1.807, 2.05) is 31.2 Å². The molecule has 0 radical (unpaired) electrons. The molecule has 18 heavy (non-hydrogen) atoms. The number of carboxylic acid groups (broad SMARTS) is 1. The van der Waals surface area contributed by atoms with Crippen LogP contribution >= 0.6 is 0 Å². The smallest absolute Gasteiger partial charge is 0.322 e. The maximum Gasteiger partial charge on any atom is 0.322 e. The molecule has 5 heteroatoms. The topological polar surface area (TPSA) is 69.6 Å². The number of nitrogens with zero attached hydrogens (tertiary/aromatic N) is 1. The minimum Gasteiger partial charge on any atom is -0.480 e. The van der Waals surface area contributed by atoms with Crippen molar-refractivity contribution in [3.63, 3.8) is 0 Å². The van der Waals surface area contributed by atoms with E-state index in [2.05, 4.69) is 5.32 Å². The van der Waals surface area contributed by atoms with Gasteiger partial charge >= 0.3 is 5.97 Å². The molecule has 1 aromatic carbocycles. The van der Waals surface area contributed by atoms with Crippen LogP contribution in [0, 0.1) is 6.92 Å². The molecular weight excluding hydrogens is 232 g/mol. The van der Waals surface area contributed by atoms with E-state index in [0.717, 1.165) is 11.1 Å². The van der Waals surface area contributed by atoms with E-state index in [-0.39, 0.29) is 12.5 Å². The van der Waals surface area contributed by atoms with Crippen molar-refractivity contribution in [3.8, 4) is 0 Å². The summed E-state index contributed by atoms with van der Waals surface area (Å²) in [6, 6.07) is 7.09. The quantitative estimate of drug-likeness (QED) is 0.811. The maximum absolute atomic E-state index is 12.0. The van der Waals surface area contributed by atoms with Crippen molar-refractivity contribution in [3.05, 3.63) is 35.4 Å². The standard InChI is InChI=1S/C13H18N2O3/c1-9-6-4-5-7-10(9)12(15(2)3)13(18)14-8-11(16)17/h4-7,12H,8H2,1-3H3,(H,14,18)(H,16,17)/t12-/m0/s1. The highest BCUT2D eigenvalue weighted by Gasteiger charge is 2.24. The summed E-state index contributed by atoms with van der Waals surface area (Å²) in [5, 5.41) is 11.0. The van der Waals surface area contributed by atoms with Crippen LogP contribution in [0.4, 0.5) is 0 Å². The van der Waals surface area contributed by atoms with Crippen molar-refractivity contribution in [2.24, 2.45) is 0 Å². The number of hydrogen-bond donors (Lipinski definition) is 2. The number of carboxylic acids is 1. The van der Waals surface area contributed by atoms with Crippen molar-refractivity contribution in [2.45, 2.75) is 13.0 Å². The molecule has 1 amide bonds. The molecule has 1 atom stereocenters. The van der Waals surface area contributed by atoms with E-state index in [4.69, 9.17) is 5.11 Å². The Morgan fingerprint density at radius 3 is 2.44 bits per heavy atom. The van der Waals surface area contributed by atoms with E-state index in [1.54, 1.807) is 19.0 Å². The molecule has 2 N–H and O–H groups in total. The van der Waals surface area contributed by atoms with Crippen LogP contribution in [0.15, 0.2) is 24.3 Å². The van der Waals surface area contributed by atoms with Gasteiger partial charge in [0.1, 0.15) is 12.6 Å². The Morgan fingerprint density at radius 2 is 1.94 bits per heavy atom. The van der Waals surface area contributed by atoms with Gasteiger partial charge in [0.25, 0.3) is 0 Å². The van der Waals surface area contributed by atoms with Gasteiger partial charge < -0.3 is 10.4 Å². The Labute approximate surface area is 106 Å². The number of rotatable bonds is 5. The third kappa shape index (κ3) is 3.56. The highest BCUT2D eigenvalue weighted by Crippen LogP contribution is 2.21. The van der Waals surface area contributed by atoms with E-state index < -0.39 is 12.0 Å². The molecule has 0 spiro atoms. The second-order valence-corrected chi connectivity index (χ2v) is 4.33. The third-order valence-electron chi connectivity index (χ3n) is 2.66. The van der Waals surface area contributed by atoms with E-state index in [0.29, 0.717) is 0 Å². The molecule has 0 heterocycles. The lowest BCUT2D eigenvalue weighted by atomic mass is 10.00. The lowest BCUT2D eigenvalue weighted by Crippen LogP contribution is -2.39. The Hall–Kier alpha value is -1.88. The van der Waals surface area contributed by atoms with Crippen molar-refractivity contribution >= 4 is 11.9 Å². The molecule has 0 aliphatic heterocycles. The predicted octanol–water partition coefficient (Wildman–Crippen LogP) is 0.799. The second-order valence-electron chi connectivity index (χ2n) is 4.33. The fraction of sp³-hybridized carbons (Fsp3) is 0.385. The molecule has 0 aliphatic carbocycles. The predicted molar refractivity (Wildman–Crippen MR) is 68.3 cm³/mol. The molecule has 0 saturated heterocycles. The summed E-state index contributed by atoms with van der Waals surface area (Å²) >= 11 is 0. The molecule has 0 bridgehead atoms. The number of amides is 1. The van der Waals surface area contributed by atoms with Crippen LogP contribution < -0.4 is 5.32 Å². The first-order valence-electron chi connectivity index (χ1n) is 5.65. The summed E-state index contributed by atoms with van der Waals surface area (Å²) < 4.78 is 0. The minimum absolute atomic E-state index is 0.309. The molecule has 0 saturated carbocycles. The fourth-order valence-corrected chi connectivity index (χ4v) is 1.81. The summed E-state index contributed by atoms with van der Waals surface area (Å²) in [6.07, 6.45) is 0. The van der Waals surface area contributed by atoms with E-state index in [1.165, 1.54) is 0 Å². The zero-order valence-electron chi connectivity index (χ0n) is 10.8. The van der Waals surface area contributed by atoms with Crippen molar-refractivity contribution in [1.82, 2.24) is 10.2 Å². The van der Waals surface area contributed by atoms with Crippen LogP contribution in [-0.4, -0.2) is 42.5 Å². The molecular formula is C13H18N2O3. The van der Waals surface area contributed by atoms with Crippen molar-refractivity contribution in [2.75, 3.05) is 20.6 Å². The molecule has 1 rings (SSSR count). The van der Waals surface area contributed by atoms with Gasteiger partial charge in [-0.1, -0.05) is 24.3 Å². The molecule has 1 aromatic rings. The van der Waals surface area contributed by atoms with Gasteiger partial charge in [-0.3, -0.25) is 14.5 Å². The number of benzene rings is 1. The van der Waals surface area contributed by atoms with Gasteiger partial charge in [-0.2, -0.15) is 0 Å². The van der Waals surface area contributed by atoms with Gasteiger partial charge in [-0.25, -0.2) is 0 Å². The lowest BCUT2D eigenvalue weighted by Gasteiger charge is -2.24. The van der Waals surface area contributed by atoms with Crippen molar-refractivity contribution < 1.29 is 14.7 Å².